The molecule has 0 atom stereocenters. The van der Waals surface area contributed by atoms with E-state index in [9.17, 15) is 27.5 Å². The van der Waals surface area contributed by atoms with Gasteiger partial charge in [0.1, 0.15) is 0 Å². The summed E-state index contributed by atoms with van der Waals surface area (Å²) in [6.45, 7) is -0.250. The Morgan fingerprint density at radius 3 is 2.57 bits per heavy atom. The Balaban J connectivity index is 2.31. The van der Waals surface area contributed by atoms with Crippen LogP contribution in [-0.2, 0) is 22.0 Å². The minimum atomic E-state index is -4.55. The fourth-order valence-corrected chi connectivity index (χ4v) is 2.14. The van der Waals surface area contributed by atoms with Crippen LogP contribution in [0.5, 0.6) is 0 Å². The standard InChI is InChI=1S/C10H12F4N4O3/c11-6(12)10(13,14)7-15-16-17-18(7)5-9(8(19)20)1-3-21-4-2-9/h6H,1-5H2,(H,19,20). The molecule has 0 bridgehead atoms. The summed E-state index contributed by atoms with van der Waals surface area (Å²) in [5, 5.41) is 18.4. The molecular weight excluding hydrogens is 300 g/mol. The van der Waals surface area contributed by atoms with Gasteiger partial charge >= 0.3 is 18.3 Å². The Hall–Kier alpha value is -1.78. The molecule has 1 fully saturated rings. The molecule has 2 rings (SSSR count). The zero-order chi connectivity index (χ0) is 15.7. The van der Waals surface area contributed by atoms with Crippen molar-refractivity contribution >= 4 is 5.97 Å². The SMILES string of the molecule is O=C(O)C1(Cn2nnnc2C(F)(F)C(F)F)CCOCC1. The third-order valence-electron chi connectivity index (χ3n) is 3.46. The molecule has 1 aliphatic rings. The minimum absolute atomic E-state index is 0.0574. The maximum atomic E-state index is 13.4. The normalized spacial score (nSPS) is 18.9. The van der Waals surface area contributed by atoms with Gasteiger partial charge in [-0.25, -0.2) is 13.5 Å². The molecule has 0 aromatic carbocycles. The molecule has 0 spiro atoms. The highest BCUT2D eigenvalue weighted by Crippen LogP contribution is 2.36. The van der Waals surface area contributed by atoms with Crippen LogP contribution in [0, 0.1) is 5.41 Å². The summed E-state index contributed by atoms with van der Waals surface area (Å²) in [4.78, 5) is 11.4. The quantitative estimate of drug-likeness (QED) is 0.813. The van der Waals surface area contributed by atoms with Crippen molar-refractivity contribution in [3.05, 3.63) is 5.82 Å². The molecule has 7 nitrogen and oxygen atoms in total. The summed E-state index contributed by atoms with van der Waals surface area (Å²) >= 11 is 0. The summed E-state index contributed by atoms with van der Waals surface area (Å²) in [5.74, 6) is -7.12. The van der Waals surface area contributed by atoms with Crippen LogP contribution in [-0.4, -0.2) is 50.9 Å². The summed E-state index contributed by atoms with van der Waals surface area (Å²) in [6.07, 6.45) is -3.87. The first kappa shape index (κ1) is 15.6. The third-order valence-corrected chi connectivity index (χ3v) is 3.46. The fourth-order valence-electron chi connectivity index (χ4n) is 2.14. The molecule has 0 amide bonds. The number of aromatic nitrogens is 4. The largest absolute Gasteiger partial charge is 0.481 e. The molecule has 0 aliphatic carbocycles. The van der Waals surface area contributed by atoms with E-state index in [-0.39, 0.29) is 26.1 Å². The predicted octanol–water partition coefficient (Wildman–Crippen LogP) is 0.911. The van der Waals surface area contributed by atoms with Crippen molar-refractivity contribution in [1.82, 2.24) is 20.2 Å². The van der Waals surface area contributed by atoms with Crippen LogP contribution in [0.1, 0.15) is 18.7 Å². The van der Waals surface area contributed by atoms with E-state index in [0.717, 1.165) is 0 Å². The van der Waals surface area contributed by atoms with Crippen molar-refractivity contribution in [3.63, 3.8) is 0 Å². The second kappa shape index (κ2) is 5.54. The van der Waals surface area contributed by atoms with Gasteiger partial charge in [-0.15, -0.1) is 5.10 Å². The van der Waals surface area contributed by atoms with Gasteiger partial charge in [-0.3, -0.25) is 4.79 Å². The average molecular weight is 312 g/mol. The molecule has 11 heteroatoms. The molecule has 1 N–H and O–H groups in total. The number of carboxylic acids is 1. The lowest BCUT2D eigenvalue weighted by Gasteiger charge is -2.33. The molecule has 0 unspecified atom stereocenters. The molecule has 118 valence electrons. The second-order valence-corrected chi connectivity index (χ2v) is 4.78. The number of tetrazole rings is 1. The summed E-state index contributed by atoms with van der Waals surface area (Å²) < 4.78 is 57.0. The van der Waals surface area contributed by atoms with Crippen LogP contribution in [0.15, 0.2) is 0 Å². The van der Waals surface area contributed by atoms with Gasteiger partial charge < -0.3 is 9.84 Å². The zero-order valence-corrected chi connectivity index (χ0v) is 10.7. The summed E-state index contributed by atoms with van der Waals surface area (Å²) in [7, 11) is 0. The highest BCUT2D eigenvalue weighted by Gasteiger charge is 2.50. The lowest BCUT2D eigenvalue weighted by Crippen LogP contribution is -2.42. The van der Waals surface area contributed by atoms with E-state index in [0.29, 0.717) is 4.68 Å². The van der Waals surface area contributed by atoms with Gasteiger partial charge in [0.25, 0.3) is 0 Å². The van der Waals surface area contributed by atoms with Crippen LogP contribution in [0.25, 0.3) is 0 Å². The van der Waals surface area contributed by atoms with E-state index in [1.54, 1.807) is 0 Å². The number of alkyl halides is 4. The number of carbonyl (C=O) groups is 1. The van der Waals surface area contributed by atoms with E-state index in [1.807, 2.05) is 0 Å². The Labute approximate surface area is 115 Å². The van der Waals surface area contributed by atoms with Gasteiger partial charge in [-0.2, -0.15) is 8.78 Å². The fraction of sp³-hybridized carbons (Fsp3) is 0.800. The minimum Gasteiger partial charge on any atom is -0.481 e. The third kappa shape index (κ3) is 2.82. The van der Waals surface area contributed by atoms with Crippen LogP contribution >= 0.6 is 0 Å². The number of hydrogen-bond acceptors (Lipinski definition) is 5. The number of nitrogens with zero attached hydrogens (tertiary/aromatic N) is 4. The Bertz CT molecular complexity index is 516. The first-order valence-corrected chi connectivity index (χ1v) is 6.03. The van der Waals surface area contributed by atoms with Crippen LogP contribution in [0.4, 0.5) is 17.6 Å². The van der Waals surface area contributed by atoms with Gasteiger partial charge in [0.2, 0.25) is 5.82 Å². The van der Waals surface area contributed by atoms with Crippen LogP contribution in [0.3, 0.4) is 0 Å². The first-order valence-electron chi connectivity index (χ1n) is 6.03. The topological polar surface area (TPSA) is 90.1 Å². The Kier molecular flexibility index (Phi) is 4.12. The molecule has 1 aromatic heterocycles. The molecule has 1 aliphatic heterocycles. The Morgan fingerprint density at radius 1 is 1.43 bits per heavy atom. The summed E-state index contributed by atoms with van der Waals surface area (Å²) in [6, 6.07) is 0. The maximum absolute atomic E-state index is 13.4. The van der Waals surface area contributed by atoms with E-state index < -0.39 is 36.1 Å². The Morgan fingerprint density at radius 2 is 2.05 bits per heavy atom. The molecule has 21 heavy (non-hydrogen) atoms. The van der Waals surface area contributed by atoms with Gasteiger partial charge in [0, 0.05) is 13.2 Å². The smallest absolute Gasteiger partial charge is 0.367 e. The van der Waals surface area contributed by atoms with Crippen LogP contribution < -0.4 is 0 Å². The molecule has 0 saturated carbocycles. The first-order chi connectivity index (χ1) is 9.79. The van der Waals surface area contributed by atoms with Crippen molar-refractivity contribution in [3.8, 4) is 0 Å². The number of ether oxygens (including phenoxy) is 1. The van der Waals surface area contributed by atoms with Crippen molar-refractivity contribution in [2.24, 2.45) is 5.41 Å². The van der Waals surface area contributed by atoms with Crippen molar-refractivity contribution in [2.45, 2.75) is 31.7 Å². The lowest BCUT2D eigenvalue weighted by molar-refractivity contribution is -0.158. The highest BCUT2D eigenvalue weighted by molar-refractivity contribution is 5.74. The number of rotatable bonds is 5. The average Bonchev–Trinajstić information content (AvgIpc) is 2.88. The zero-order valence-electron chi connectivity index (χ0n) is 10.7. The summed E-state index contributed by atoms with van der Waals surface area (Å²) in [5.41, 5.74) is -1.42. The van der Waals surface area contributed by atoms with E-state index >= 15 is 0 Å². The van der Waals surface area contributed by atoms with E-state index in [1.165, 1.54) is 0 Å². The number of hydrogen-bond donors (Lipinski definition) is 1. The monoisotopic (exact) mass is 312 g/mol. The van der Waals surface area contributed by atoms with E-state index in [2.05, 4.69) is 15.5 Å². The van der Waals surface area contributed by atoms with Crippen molar-refractivity contribution in [2.75, 3.05) is 13.2 Å². The molecule has 0 radical (unpaired) electrons. The van der Waals surface area contributed by atoms with Crippen molar-refractivity contribution < 1.29 is 32.2 Å². The molecule has 1 saturated heterocycles. The predicted molar refractivity (Wildman–Crippen MR) is 57.8 cm³/mol. The van der Waals surface area contributed by atoms with Crippen LogP contribution in [0.2, 0.25) is 0 Å². The van der Waals surface area contributed by atoms with Gasteiger partial charge in [0.15, 0.2) is 0 Å². The number of aliphatic carboxylic acids is 1. The van der Waals surface area contributed by atoms with Gasteiger partial charge in [-0.05, 0) is 23.3 Å². The number of halogens is 4. The van der Waals surface area contributed by atoms with Gasteiger partial charge in [0.05, 0.1) is 12.0 Å². The maximum Gasteiger partial charge on any atom is 0.367 e. The molecule has 2 heterocycles. The van der Waals surface area contributed by atoms with Gasteiger partial charge in [-0.1, -0.05) is 0 Å². The highest BCUT2D eigenvalue weighted by atomic mass is 19.3. The lowest BCUT2D eigenvalue weighted by atomic mass is 9.80. The molecular formula is C10H12F4N4O3. The second-order valence-electron chi connectivity index (χ2n) is 4.78. The van der Waals surface area contributed by atoms with E-state index in [4.69, 9.17) is 4.74 Å². The van der Waals surface area contributed by atoms with Crippen molar-refractivity contribution in [1.29, 1.82) is 0 Å². The number of carboxylic acid groups (broad SMARTS) is 1. The molecule has 1 aromatic rings.